The van der Waals surface area contributed by atoms with Gasteiger partial charge in [-0.05, 0) is 0 Å². The zero-order valence-corrected chi connectivity index (χ0v) is 34.7. The molecule has 0 unspecified atom stereocenters. The molecule has 0 nitrogen and oxygen atoms in total. The predicted molar refractivity (Wildman–Crippen MR) is 211 cm³/mol. The van der Waals surface area contributed by atoms with Crippen LogP contribution in [0.1, 0.15) is 115 Å². The summed E-state index contributed by atoms with van der Waals surface area (Å²) in [7, 11) is -2.41. The second-order valence-corrected chi connectivity index (χ2v) is 34.1. The van der Waals surface area contributed by atoms with Crippen LogP contribution in [0.4, 0.5) is 0 Å². The number of aryl methyl sites for hydroxylation is 3. The van der Waals surface area contributed by atoms with Crippen molar-refractivity contribution in [2.24, 2.45) is 0 Å². The Bertz CT molecular complexity index is 1420. The molecule has 0 saturated heterocycles. The first-order valence-corrected chi connectivity index (χ1v) is 29.5. The van der Waals surface area contributed by atoms with E-state index in [9.17, 15) is 0 Å². The predicted octanol–water partition coefficient (Wildman–Crippen LogP) is 10.2. The first-order valence-electron chi connectivity index (χ1n) is 18.4. The van der Waals surface area contributed by atoms with E-state index in [1.54, 1.807) is 43.8 Å². The summed E-state index contributed by atoms with van der Waals surface area (Å²) in [5.74, 6) is 0. The molecular formula is C41H58S2SiSn. The molecule has 0 N–H and O–H groups in total. The summed E-state index contributed by atoms with van der Waals surface area (Å²) in [5.41, 5.74) is 3.00. The van der Waals surface area contributed by atoms with Crippen molar-refractivity contribution in [3.05, 3.63) is 76.7 Å². The summed E-state index contributed by atoms with van der Waals surface area (Å²) in [6.07, 6.45) is 15.7. The molecule has 45 heavy (non-hydrogen) atoms. The van der Waals surface area contributed by atoms with Crippen molar-refractivity contribution in [3.8, 4) is 9.75 Å². The maximum absolute atomic E-state index is 2.89. The monoisotopic (exact) mass is 762 g/mol. The standard InChI is InChI=1S/C29H31S2Si.3C4H9.Sn/c1-4-6-8-22-10-14-24(15-11-22)32(25-16-12-23(13-17-25)9-7-5-2)26-18-19-30-28(26)29-27(32)20-21(3)31-29;3*1-3-4-2;/h10-18,20H,4-9H2,1-3H3;3*1,3-4H2,2H3;. The number of thiophene rings is 2. The minimum absolute atomic E-state index is 1.19. The SMILES string of the molecule is CCCCc1ccc([Si]2(c3ccc(CCCC)cc3)c3cc(C)sc3-c3s[c]([Sn]([CH2]CCC)([CH2]CCC)[CH2]CCC)cc32)cc1. The molecule has 0 bridgehead atoms. The Morgan fingerprint density at radius 3 is 1.40 bits per heavy atom. The molecule has 2 aromatic carbocycles. The van der Waals surface area contributed by atoms with Crippen LogP contribution in [0, 0.1) is 6.92 Å². The van der Waals surface area contributed by atoms with Gasteiger partial charge in [-0.2, -0.15) is 0 Å². The first-order chi connectivity index (χ1) is 22.0. The van der Waals surface area contributed by atoms with Gasteiger partial charge in [0.1, 0.15) is 0 Å². The molecule has 1 aliphatic heterocycles. The van der Waals surface area contributed by atoms with Crippen LogP contribution in [0.3, 0.4) is 0 Å². The molecule has 0 radical (unpaired) electrons. The van der Waals surface area contributed by atoms with Crippen LogP contribution in [0.2, 0.25) is 13.3 Å². The van der Waals surface area contributed by atoms with Gasteiger partial charge in [-0.3, -0.25) is 0 Å². The fourth-order valence-corrected chi connectivity index (χ4v) is 36.1. The zero-order valence-electron chi connectivity index (χ0n) is 29.2. The van der Waals surface area contributed by atoms with Gasteiger partial charge in [-0.25, -0.2) is 0 Å². The van der Waals surface area contributed by atoms with Gasteiger partial charge in [0.05, 0.1) is 0 Å². The molecule has 3 heterocycles. The third-order valence-electron chi connectivity index (χ3n) is 10.6. The number of unbranched alkanes of at least 4 members (excludes halogenated alkanes) is 5. The van der Waals surface area contributed by atoms with Gasteiger partial charge in [0, 0.05) is 0 Å². The van der Waals surface area contributed by atoms with Crippen LogP contribution in [-0.4, -0.2) is 26.5 Å². The second-order valence-electron chi connectivity index (χ2n) is 13.9. The van der Waals surface area contributed by atoms with Gasteiger partial charge >= 0.3 is 291 Å². The van der Waals surface area contributed by atoms with Crippen LogP contribution in [-0.2, 0) is 12.8 Å². The Kier molecular flexibility index (Phi) is 12.7. The van der Waals surface area contributed by atoms with E-state index < -0.39 is 26.5 Å². The van der Waals surface area contributed by atoms with Crippen molar-refractivity contribution < 1.29 is 0 Å². The Morgan fingerprint density at radius 2 is 0.956 bits per heavy atom. The van der Waals surface area contributed by atoms with Gasteiger partial charge < -0.3 is 0 Å². The summed E-state index contributed by atoms with van der Waals surface area (Å²) < 4.78 is 6.56. The number of fused-ring (bicyclic) bond motifs is 3. The average molecular weight is 762 g/mol. The molecule has 0 amide bonds. The van der Waals surface area contributed by atoms with Gasteiger partial charge in [-0.1, -0.05) is 0 Å². The van der Waals surface area contributed by atoms with Crippen LogP contribution < -0.4 is 23.6 Å². The van der Waals surface area contributed by atoms with E-state index in [-0.39, 0.29) is 0 Å². The molecule has 0 aliphatic carbocycles. The van der Waals surface area contributed by atoms with Gasteiger partial charge in [-0.15, -0.1) is 0 Å². The Morgan fingerprint density at radius 1 is 0.533 bits per heavy atom. The molecule has 1 aliphatic rings. The summed E-state index contributed by atoms with van der Waals surface area (Å²) >= 11 is 1.79. The average Bonchev–Trinajstić information content (AvgIpc) is 3.74. The molecule has 0 atom stereocenters. The molecule has 0 fully saturated rings. The normalized spacial score (nSPS) is 13.7. The van der Waals surface area contributed by atoms with Crippen LogP contribution in [0.15, 0.2) is 60.7 Å². The van der Waals surface area contributed by atoms with Crippen molar-refractivity contribution >= 4 is 72.8 Å². The molecule has 4 heteroatoms. The zero-order chi connectivity index (χ0) is 31.9. The quantitative estimate of drug-likeness (QED) is 0.0781. The number of rotatable bonds is 18. The Hall–Kier alpha value is -1.14. The van der Waals surface area contributed by atoms with Crippen LogP contribution >= 0.6 is 22.7 Å². The molecule has 2 aromatic heterocycles. The molecule has 0 saturated carbocycles. The van der Waals surface area contributed by atoms with Gasteiger partial charge in [0.15, 0.2) is 0 Å². The fourth-order valence-electron chi connectivity index (χ4n) is 7.89. The third-order valence-corrected chi connectivity index (χ3v) is 36.3. The fraction of sp³-hybridized carbons (Fsp3) is 0.512. The summed E-state index contributed by atoms with van der Waals surface area (Å²) in [6, 6.07) is 25.7. The minimum atomic E-state index is -2.59. The summed E-state index contributed by atoms with van der Waals surface area (Å²) in [5, 5.41) is 6.62. The van der Waals surface area contributed by atoms with E-state index >= 15 is 0 Å². The van der Waals surface area contributed by atoms with E-state index in [4.69, 9.17) is 0 Å². The van der Waals surface area contributed by atoms with Gasteiger partial charge in [0.25, 0.3) is 0 Å². The van der Waals surface area contributed by atoms with Crippen LogP contribution in [0.5, 0.6) is 0 Å². The Balaban J connectivity index is 1.75. The van der Waals surface area contributed by atoms with Crippen molar-refractivity contribution in [3.63, 3.8) is 0 Å². The van der Waals surface area contributed by atoms with Gasteiger partial charge in [0.2, 0.25) is 0 Å². The van der Waals surface area contributed by atoms with Crippen molar-refractivity contribution in [1.29, 1.82) is 0 Å². The van der Waals surface area contributed by atoms with Crippen LogP contribution in [0.25, 0.3) is 9.75 Å². The molecule has 4 aromatic rings. The Labute approximate surface area is 289 Å². The van der Waals surface area contributed by atoms with E-state index in [0.717, 1.165) is 0 Å². The second kappa shape index (κ2) is 16.3. The van der Waals surface area contributed by atoms with Crippen molar-refractivity contribution in [1.82, 2.24) is 0 Å². The number of benzene rings is 2. The van der Waals surface area contributed by atoms with Crippen molar-refractivity contribution in [2.75, 3.05) is 0 Å². The number of hydrogen-bond donors (Lipinski definition) is 0. The first kappa shape index (κ1) is 35.2. The molecule has 242 valence electrons. The molecule has 5 rings (SSSR count). The third kappa shape index (κ3) is 7.17. The van der Waals surface area contributed by atoms with E-state index in [0.29, 0.717) is 0 Å². The van der Waals surface area contributed by atoms with E-state index in [1.807, 2.05) is 2.89 Å². The maximum atomic E-state index is 2.89. The molecule has 0 spiro atoms. The van der Waals surface area contributed by atoms with Crippen molar-refractivity contribution in [2.45, 2.75) is 132 Å². The summed E-state index contributed by atoms with van der Waals surface area (Å²) in [4.78, 5) is 4.77. The van der Waals surface area contributed by atoms with E-state index in [2.05, 4.69) is 125 Å². The number of hydrogen-bond acceptors (Lipinski definition) is 2. The molecular weight excluding hydrogens is 703 g/mol. The summed E-state index contributed by atoms with van der Waals surface area (Å²) in [6.45, 7) is 14.2. The topological polar surface area (TPSA) is 0 Å². The van der Waals surface area contributed by atoms with E-state index in [1.165, 1.54) is 93.1 Å².